The van der Waals surface area contributed by atoms with Crippen molar-refractivity contribution < 1.29 is 4.74 Å². The zero-order valence-corrected chi connectivity index (χ0v) is 14.0. The molecule has 2 aromatic heterocycles. The molecule has 1 N–H and O–H groups in total. The van der Waals surface area contributed by atoms with E-state index in [1.807, 2.05) is 71.3 Å². The van der Waals surface area contributed by atoms with Crippen LogP contribution in [0.25, 0.3) is 17.1 Å². The van der Waals surface area contributed by atoms with Gasteiger partial charge in [0.25, 0.3) is 0 Å². The number of pyridine rings is 1. The van der Waals surface area contributed by atoms with Gasteiger partial charge in [0.05, 0.1) is 5.69 Å². The Kier molecular flexibility index (Phi) is 4.10. The molecular formula is C19H14N4OS. The molecule has 0 saturated heterocycles. The molecule has 0 bridgehead atoms. The molecule has 122 valence electrons. The summed E-state index contributed by atoms with van der Waals surface area (Å²) in [7, 11) is 0. The molecule has 4 rings (SSSR count). The minimum Gasteiger partial charge on any atom is -0.457 e. The summed E-state index contributed by atoms with van der Waals surface area (Å²) in [5.41, 5.74) is 1.85. The summed E-state index contributed by atoms with van der Waals surface area (Å²) in [5.74, 6) is 2.30. The molecule has 5 nitrogen and oxygen atoms in total. The molecule has 0 aliphatic carbocycles. The van der Waals surface area contributed by atoms with Gasteiger partial charge in [-0.1, -0.05) is 18.2 Å². The lowest BCUT2D eigenvalue weighted by Crippen LogP contribution is -1.98. The molecule has 0 atom stereocenters. The molecular weight excluding hydrogens is 332 g/mol. The van der Waals surface area contributed by atoms with Crippen molar-refractivity contribution in [1.29, 1.82) is 0 Å². The van der Waals surface area contributed by atoms with Gasteiger partial charge in [-0.25, -0.2) is 0 Å². The van der Waals surface area contributed by atoms with Gasteiger partial charge in [0.15, 0.2) is 10.6 Å². The summed E-state index contributed by atoms with van der Waals surface area (Å²) in [4.78, 5) is 4.04. The van der Waals surface area contributed by atoms with Crippen LogP contribution in [0.5, 0.6) is 11.5 Å². The van der Waals surface area contributed by atoms with Gasteiger partial charge in [0.1, 0.15) is 11.5 Å². The minimum atomic E-state index is 0.531. The minimum absolute atomic E-state index is 0.531. The number of hydrogen-bond donors (Lipinski definition) is 1. The second-order valence-corrected chi connectivity index (χ2v) is 5.72. The van der Waals surface area contributed by atoms with E-state index in [0.29, 0.717) is 4.77 Å². The Labute approximate surface area is 149 Å². The molecule has 0 aliphatic rings. The highest BCUT2D eigenvalue weighted by atomic mass is 32.1. The number of para-hydroxylation sites is 1. The van der Waals surface area contributed by atoms with Crippen LogP contribution in [0, 0.1) is 4.77 Å². The molecule has 0 unspecified atom stereocenters. The Morgan fingerprint density at radius 1 is 0.840 bits per heavy atom. The monoisotopic (exact) mass is 346 g/mol. The Bertz CT molecular complexity index is 1020. The fraction of sp³-hybridized carbons (Fsp3) is 0. The standard InChI is InChI=1S/C19H14N4OS/c25-19-22-21-18(14-10-12-20-13-11-14)23(19)15-6-8-17(9-7-15)24-16-4-2-1-3-5-16/h1-13H,(H,22,25). The highest BCUT2D eigenvalue weighted by Gasteiger charge is 2.10. The SMILES string of the molecule is S=c1[nH]nc(-c2ccncc2)n1-c1ccc(Oc2ccccc2)cc1. The zero-order valence-electron chi connectivity index (χ0n) is 13.2. The number of aromatic nitrogens is 4. The molecule has 4 aromatic rings. The topological polar surface area (TPSA) is 55.7 Å². The van der Waals surface area contributed by atoms with Crippen LogP contribution < -0.4 is 4.74 Å². The van der Waals surface area contributed by atoms with Gasteiger partial charge in [-0.05, 0) is 60.7 Å². The van der Waals surface area contributed by atoms with E-state index in [4.69, 9.17) is 17.0 Å². The fourth-order valence-electron chi connectivity index (χ4n) is 2.52. The van der Waals surface area contributed by atoms with Crippen LogP contribution in [0.4, 0.5) is 0 Å². The molecule has 0 amide bonds. The van der Waals surface area contributed by atoms with E-state index >= 15 is 0 Å². The van der Waals surface area contributed by atoms with Crippen LogP contribution in [-0.2, 0) is 0 Å². The average molecular weight is 346 g/mol. The van der Waals surface area contributed by atoms with E-state index in [1.54, 1.807) is 12.4 Å². The van der Waals surface area contributed by atoms with Crippen LogP contribution in [-0.4, -0.2) is 19.7 Å². The third kappa shape index (κ3) is 3.20. The first-order valence-electron chi connectivity index (χ1n) is 7.72. The van der Waals surface area contributed by atoms with Crippen molar-refractivity contribution in [2.24, 2.45) is 0 Å². The normalized spacial score (nSPS) is 10.6. The molecule has 0 saturated carbocycles. The third-order valence-electron chi connectivity index (χ3n) is 3.68. The number of ether oxygens (including phenoxy) is 1. The van der Waals surface area contributed by atoms with E-state index in [2.05, 4.69) is 15.2 Å². The van der Waals surface area contributed by atoms with Crippen molar-refractivity contribution in [2.45, 2.75) is 0 Å². The summed E-state index contributed by atoms with van der Waals surface area (Å²) >= 11 is 5.39. The van der Waals surface area contributed by atoms with Crippen LogP contribution in [0.15, 0.2) is 79.1 Å². The van der Waals surface area contributed by atoms with E-state index in [-0.39, 0.29) is 0 Å². The Morgan fingerprint density at radius 2 is 1.52 bits per heavy atom. The maximum absolute atomic E-state index is 5.83. The summed E-state index contributed by atoms with van der Waals surface area (Å²) in [6.07, 6.45) is 3.46. The second kappa shape index (κ2) is 6.70. The molecule has 0 fully saturated rings. The Balaban J connectivity index is 1.67. The molecule has 0 spiro atoms. The van der Waals surface area contributed by atoms with Crippen molar-refractivity contribution in [1.82, 2.24) is 19.7 Å². The zero-order chi connectivity index (χ0) is 17.1. The Morgan fingerprint density at radius 3 is 2.24 bits per heavy atom. The number of H-pyrrole nitrogens is 1. The molecule has 0 aliphatic heterocycles. The quantitative estimate of drug-likeness (QED) is 0.540. The van der Waals surface area contributed by atoms with Crippen LogP contribution in [0.2, 0.25) is 0 Å². The van der Waals surface area contributed by atoms with Gasteiger partial charge >= 0.3 is 0 Å². The lowest BCUT2D eigenvalue weighted by Gasteiger charge is -2.09. The van der Waals surface area contributed by atoms with Crippen LogP contribution in [0.3, 0.4) is 0 Å². The van der Waals surface area contributed by atoms with Crippen molar-refractivity contribution in [2.75, 3.05) is 0 Å². The van der Waals surface area contributed by atoms with Crippen molar-refractivity contribution in [3.8, 4) is 28.6 Å². The summed E-state index contributed by atoms with van der Waals surface area (Å²) in [6.45, 7) is 0. The van der Waals surface area contributed by atoms with Gasteiger partial charge in [-0.3, -0.25) is 14.6 Å². The highest BCUT2D eigenvalue weighted by Crippen LogP contribution is 2.25. The predicted octanol–water partition coefficient (Wildman–Crippen LogP) is 4.78. The third-order valence-corrected chi connectivity index (χ3v) is 3.96. The first-order chi connectivity index (χ1) is 12.3. The maximum atomic E-state index is 5.83. The first kappa shape index (κ1) is 15.3. The number of hydrogen-bond acceptors (Lipinski definition) is 4. The number of benzene rings is 2. The van der Waals surface area contributed by atoms with Gasteiger partial charge in [-0.15, -0.1) is 0 Å². The number of rotatable bonds is 4. The van der Waals surface area contributed by atoms with Crippen molar-refractivity contribution >= 4 is 12.2 Å². The van der Waals surface area contributed by atoms with E-state index in [9.17, 15) is 0 Å². The smallest absolute Gasteiger partial charge is 0.200 e. The highest BCUT2D eigenvalue weighted by molar-refractivity contribution is 7.71. The van der Waals surface area contributed by atoms with Gasteiger partial charge in [0, 0.05) is 18.0 Å². The predicted molar refractivity (Wildman–Crippen MR) is 98.5 cm³/mol. The lowest BCUT2D eigenvalue weighted by molar-refractivity contribution is 0.482. The number of nitrogens with zero attached hydrogens (tertiary/aromatic N) is 3. The first-order valence-corrected chi connectivity index (χ1v) is 8.13. The number of nitrogens with one attached hydrogen (secondary N) is 1. The molecule has 2 heterocycles. The summed E-state index contributed by atoms with van der Waals surface area (Å²) in [5, 5.41) is 7.19. The second-order valence-electron chi connectivity index (χ2n) is 5.33. The number of aromatic amines is 1. The molecule has 0 radical (unpaired) electrons. The van der Waals surface area contributed by atoms with Crippen molar-refractivity contribution in [3.63, 3.8) is 0 Å². The van der Waals surface area contributed by atoms with E-state index in [0.717, 1.165) is 28.6 Å². The summed E-state index contributed by atoms with van der Waals surface area (Å²) in [6, 6.07) is 21.2. The Hall–Kier alpha value is -3.25. The summed E-state index contributed by atoms with van der Waals surface area (Å²) < 4.78 is 8.25. The van der Waals surface area contributed by atoms with E-state index in [1.165, 1.54) is 0 Å². The van der Waals surface area contributed by atoms with Crippen LogP contribution in [0.1, 0.15) is 0 Å². The molecule has 6 heteroatoms. The van der Waals surface area contributed by atoms with Crippen LogP contribution >= 0.6 is 12.2 Å². The molecule has 2 aromatic carbocycles. The lowest BCUT2D eigenvalue weighted by atomic mass is 10.2. The van der Waals surface area contributed by atoms with E-state index < -0.39 is 0 Å². The van der Waals surface area contributed by atoms with Crippen molar-refractivity contribution in [3.05, 3.63) is 83.9 Å². The van der Waals surface area contributed by atoms with Gasteiger partial charge in [0.2, 0.25) is 0 Å². The van der Waals surface area contributed by atoms with Gasteiger partial charge in [-0.2, -0.15) is 5.10 Å². The largest absolute Gasteiger partial charge is 0.457 e. The maximum Gasteiger partial charge on any atom is 0.200 e. The molecule has 25 heavy (non-hydrogen) atoms. The average Bonchev–Trinajstić information content (AvgIpc) is 3.05. The van der Waals surface area contributed by atoms with Gasteiger partial charge < -0.3 is 4.74 Å². The fourth-order valence-corrected chi connectivity index (χ4v) is 2.76.